The molecule has 3 heterocycles. The molecule has 2 saturated heterocycles. The lowest BCUT2D eigenvalue weighted by Crippen LogP contribution is -2.56. The lowest BCUT2D eigenvalue weighted by molar-refractivity contribution is -0.137. The van der Waals surface area contributed by atoms with Crippen LogP contribution in [-0.4, -0.2) is 42.1 Å². The lowest BCUT2D eigenvalue weighted by Gasteiger charge is -2.46. The summed E-state index contributed by atoms with van der Waals surface area (Å²) in [4.78, 5) is 9.14. The highest BCUT2D eigenvalue weighted by molar-refractivity contribution is 5.68. The van der Waals surface area contributed by atoms with Gasteiger partial charge in [-0.25, -0.2) is 0 Å². The van der Waals surface area contributed by atoms with Crippen molar-refractivity contribution in [3.8, 4) is 11.1 Å². The summed E-state index contributed by atoms with van der Waals surface area (Å²) in [5.41, 5.74) is 1.64. The molecule has 25 heavy (non-hydrogen) atoms. The predicted octanol–water partition coefficient (Wildman–Crippen LogP) is 4.05. The zero-order valence-corrected chi connectivity index (χ0v) is 13.8. The van der Waals surface area contributed by atoms with Crippen LogP contribution in [0.2, 0.25) is 0 Å². The number of benzene rings is 1. The van der Waals surface area contributed by atoms with E-state index in [1.807, 2.05) is 12.3 Å². The summed E-state index contributed by atoms with van der Waals surface area (Å²) >= 11 is 0. The molecule has 0 aliphatic carbocycles. The van der Waals surface area contributed by atoms with Crippen LogP contribution >= 0.6 is 0 Å². The fourth-order valence-corrected chi connectivity index (χ4v) is 3.88. The maximum Gasteiger partial charge on any atom is 0.416 e. The van der Waals surface area contributed by atoms with Gasteiger partial charge < -0.3 is 4.90 Å². The average molecular weight is 347 g/mol. The highest BCUT2D eigenvalue weighted by Crippen LogP contribution is 2.33. The Morgan fingerprint density at radius 1 is 1.00 bits per heavy atom. The van der Waals surface area contributed by atoms with Crippen molar-refractivity contribution in [2.75, 3.05) is 31.1 Å². The van der Waals surface area contributed by atoms with Gasteiger partial charge in [0.2, 0.25) is 0 Å². The zero-order chi connectivity index (χ0) is 17.4. The summed E-state index contributed by atoms with van der Waals surface area (Å²) in [5, 5.41) is 0. The molecule has 0 spiro atoms. The van der Waals surface area contributed by atoms with Gasteiger partial charge in [0.1, 0.15) is 0 Å². The topological polar surface area (TPSA) is 19.4 Å². The van der Waals surface area contributed by atoms with Crippen LogP contribution in [0.4, 0.5) is 18.9 Å². The van der Waals surface area contributed by atoms with Gasteiger partial charge in [-0.1, -0.05) is 12.1 Å². The zero-order valence-electron chi connectivity index (χ0n) is 13.8. The normalized spacial score (nSPS) is 23.6. The van der Waals surface area contributed by atoms with Crippen LogP contribution in [0.5, 0.6) is 0 Å². The SMILES string of the molecule is FC(F)(F)c1cccc(-c2cncc(N3CCN4CCCC3C4)c2)c1. The van der Waals surface area contributed by atoms with Crippen LogP contribution in [0.25, 0.3) is 11.1 Å². The first-order chi connectivity index (χ1) is 12.0. The Kier molecular flexibility index (Phi) is 4.15. The fourth-order valence-electron chi connectivity index (χ4n) is 3.88. The second kappa shape index (κ2) is 6.33. The summed E-state index contributed by atoms with van der Waals surface area (Å²) in [5.74, 6) is 0. The van der Waals surface area contributed by atoms with Gasteiger partial charge in [0.15, 0.2) is 0 Å². The van der Waals surface area contributed by atoms with E-state index in [0.29, 0.717) is 11.6 Å². The van der Waals surface area contributed by atoms with Gasteiger partial charge in [-0.05, 0) is 43.1 Å². The predicted molar refractivity (Wildman–Crippen MR) is 91.5 cm³/mol. The van der Waals surface area contributed by atoms with Crippen molar-refractivity contribution in [3.63, 3.8) is 0 Å². The first-order valence-electron chi connectivity index (χ1n) is 8.62. The Labute approximate surface area is 145 Å². The molecular formula is C19H20F3N3. The van der Waals surface area contributed by atoms with Crippen molar-refractivity contribution < 1.29 is 13.2 Å². The van der Waals surface area contributed by atoms with Crippen molar-refractivity contribution >= 4 is 5.69 Å². The van der Waals surface area contributed by atoms with E-state index < -0.39 is 11.7 Å². The standard InChI is InChI=1S/C19H20F3N3/c20-19(21,22)16-4-1-3-14(9-16)15-10-18(12-23-11-15)25-8-7-24-6-2-5-17(25)13-24/h1,3-4,9-12,17H,2,5-8,13H2. The summed E-state index contributed by atoms with van der Waals surface area (Å²) in [6.45, 7) is 4.21. The van der Waals surface area contributed by atoms with Crippen molar-refractivity contribution in [1.29, 1.82) is 0 Å². The van der Waals surface area contributed by atoms with Gasteiger partial charge in [0, 0.05) is 37.4 Å². The molecule has 2 unspecified atom stereocenters. The largest absolute Gasteiger partial charge is 0.416 e. The third-order valence-corrected chi connectivity index (χ3v) is 5.16. The van der Waals surface area contributed by atoms with E-state index in [4.69, 9.17) is 0 Å². The molecule has 0 radical (unpaired) electrons. The van der Waals surface area contributed by atoms with E-state index in [0.717, 1.165) is 43.4 Å². The number of pyridine rings is 1. The van der Waals surface area contributed by atoms with Crippen LogP contribution in [0.1, 0.15) is 18.4 Å². The number of anilines is 1. The number of hydrogen-bond donors (Lipinski definition) is 0. The van der Waals surface area contributed by atoms with E-state index >= 15 is 0 Å². The van der Waals surface area contributed by atoms with Gasteiger partial charge >= 0.3 is 6.18 Å². The van der Waals surface area contributed by atoms with E-state index in [9.17, 15) is 13.2 Å². The Bertz CT molecular complexity index is 760. The number of nitrogens with zero attached hydrogens (tertiary/aromatic N) is 3. The average Bonchev–Trinajstić information content (AvgIpc) is 2.62. The van der Waals surface area contributed by atoms with Crippen molar-refractivity contribution in [3.05, 3.63) is 48.3 Å². The maximum atomic E-state index is 13.0. The third-order valence-electron chi connectivity index (χ3n) is 5.16. The maximum absolute atomic E-state index is 13.0. The number of alkyl halides is 3. The molecule has 3 nitrogen and oxygen atoms in total. The number of hydrogen-bond acceptors (Lipinski definition) is 3. The van der Waals surface area contributed by atoms with Crippen LogP contribution in [0, 0.1) is 0 Å². The molecule has 2 fully saturated rings. The molecule has 2 bridgehead atoms. The monoisotopic (exact) mass is 347 g/mol. The van der Waals surface area contributed by atoms with E-state index in [1.165, 1.54) is 25.1 Å². The minimum Gasteiger partial charge on any atom is -0.365 e. The van der Waals surface area contributed by atoms with Gasteiger partial charge in [-0.2, -0.15) is 13.2 Å². The van der Waals surface area contributed by atoms with Crippen LogP contribution in [0.3, 0.4) is 0 Å². The Morgan fingerprint density at radius 3 is 2.72 bits per heavy atom. The van der Waals surface area contributed by atoms with Gasteiger partial charge in [-0.15, -0.1) is 0 Å². The molecule has 132 valence electrons. The summed E-state index contributed by atoms with van der Waals surface area (Å²) in [7, 11) is 0. The molecule has 2 aliphatic rings. The molecule has 0 N–H and O–H groups in total. The molecule has 2 aromatic rings. The second-order valence-electron chi connectivity index (χ2n) is 6.80. The van der Waals surface area contributed by atoms with E-state index in [2.05, 4.69) is 14.8 Å². The van der Waals surface area contributed by atoms with E-state index in [1.54, 1.807) is 12.3 Å². The number of rotatable bonds is 2. The highest BCUT2D eigenvalue weighted by atomic mass is 19.4. The molecule has 6 heteroatoms. The third kappa shape index (κ3) is 3.35. The second-order valence-corrected chi connectivity index (χ2v) is 6.80. The Balaban J connectivity index is 1.64. The first kappa shape index (κ1) is 16.4. The van der Waals surface area contributed by atoms with Gasteiger partial charge in [0.05, 0.1) is 17.4 Å². The first-order valence-corrected chi connectivity index (χ1v) is 8.62. The molecule has 2 atom stereocenters. The summed E-state index contributed by atoms with van der Waals surface area (Å²) in [6.07, 6.45) is 1.48. The quantitative estimate of drug-likeness (QED) is 0.817. The molecule has 2 aliphatic heterocycles. The van der Waals surface area contributed by atoms with Crippen LogP contribution < -0.4 is 4.90 Å². The number of piperazine rings is 1. The smallest absolute Gasteiger partial charge is 0.365 e. The summed E-state index contributed by atoms with van der Waals surface area (Å²) in [6, 6.07) is 7.88. The minimum absolute atomic E-state index is 0.473. The molecule has 0 amide bonds. The van der Waals surface area contributed by atoms with Crippen LogP contribution in [0.15, 0.2) is 42.7 Å². The molecule has 1 aromatic carbocycles. The van der Waals surface area contributed by atoms with Gasteiger partial charge in [0.25, 0.3) is 0 Å². The fraction of sp³-hybridized carbons (Fsp3) is 0.421. The van der Waals surface area contributed by atoms with Crippen molar-refractivity contribution in [2.24, 2.45) is 0 Å². The van der Waals surface area contributed by atoms with E-state index in [-0.39, 0.29) is 0 Å². The Morgan fingerprint density at radius 2 is 1.88 bits per heavy atom. The van der Waals surface area contributed by atoms with Crippen LogP contribution in [-0.2, 0) is 6.18 Å². The minimum atomic E-state index is -4.33. The number of aromatic nitrogens is 1. The molecule has 4 rings (SSSR count). The lowest BCUT2D eigenvalue weighted by atomic mass is 9.99. The van der Waals surface area contributed by atoms with Crippen molar-refractivity contribution in [2.45, 2.75) is 25.1 Å². The molecule has 1 aromatic heterocycles. The molecule has 0 saturated carbocycles. The summed E-state index contributed by atoms with van der Waals surface area (Å²) < 4.78 is 38.9. The number of fused-ring (bicyclic) bond motifs is 2. The van der Waals surface area contributed by atoms with Gasteiger partial charge in [-0.3, -0.25) is 9.88 Å². The number of piperidine rings is 1. The highest BCUT2D eigenvalue weighted by Gasteiger charge is 2.31. The number of halogens is 3. The Hall–Kier alpha value is -2.08. The van der Waals surface area contributed by atoms with Crippen molar-refractivity contribution in [1.82, 2.24) is 9.88 Å². The molecular weight excluding hydrogens is 327 g/mol.